The van der Waals surface area contributed by atoms with Crippen molar-refractivity contribution >= 4 is 17.5 Å². The minimum atomic E-state index is 0.0979. The fourth-order valence-corrected chi connectivity index (χ4v) is 3.09. The van der Waals surface area contributed by atoms with E-state index < -0.39 is 0 Å². The number of benzene rings is 1. The van der Waals surface area contributed by atoms with Crippen molar-refractivity contribution in [3.05, 3.63) is 64.9 Å². The van der Waals surface area contributed by atoms with Crippen molar-refractivity contribution in [2.75, 3.05) is 0 Å². The van der Waals surface area contributed by atoms with Crippen LogP contribution < -0.4 is 5.32 Å². The van der Waals surface area contributed by atoms with Crippen molar-refractivity contribution in [1.29, 1.82) is 0 Å². The third kappa shape index (κ3) is 4.32. The molecule has 23 heavy (non-hydrogen) atoms. The first-order valence-electron chi connectivity index (χ1n) is 8.16. The second-order valence-corrected chi connectivity index (χ2v) is 6.59. The van der Waals surface area contributed by atoms with E-state index in [1.807, 2.05) is 42.6 Å². The Morgan fingerprint density at radius 3 is 2.65 bits per heavy atom. The molecular weight excluding hydrogens is 308 g/mol. The molecule has 0 radical (unpaired) electrons. The Hall–Kier alpha value is -1.87. The van der Waals surface area contributed by atoms with E-state index >= 15 is 0 Å². The van der Waals surface area contributed by atoms with Gasteiger partial charge in [0, 0.05) is 23.8 Å². The van der Waals surface area contributed by atoms with E-state index in [0.717, 1.165) is 22.6 Å². The molecule has 1 aromatic heterocycles. The Kier molecular flexibility index (Phi) is 5.29. The number of pyridine rings is 1. The number of halogens is 1. The number of rotatable bonds is 6. The predicted octanol–water partition coefficient (Wildman–Crippen LogP) is 4.33. The summed E-state index contributed by atoms with van der Waals surface area (Å²) < 4.78 is 0. The number of hydrogen-bond acceptors (Lipinski definition) is 2. The molecule has 2 aromatic rings. The molecule has 0 bridgehead atoms. The van der Waals surface area contributed by atoms with E-state index in [1.165, 1.54) is 19.3 Å². The highest BCUT2D eigenvalue weighted by atomic mass is 35.5. The Bertz CT molecular complexity index is 638. The SMILES string of the molecule is O=C(CCc1cccnc1)NC(c1ccc(Cl)cc1)C1CCC1. The van der Waals surface area contributed by atoms with Crippen LogP contribution in [0.15, 0.2) is 48.8 Å². The zero-order valence-corrected chi connectivity index (χ0v) is 13.8. The van der Waals surface area contributed by atoms with Crippen LogP contribution >= 0.6 is 11.6 Å². The second-order valence-electron chi connectivity index (χ2n) is 6.15. The number of aryl methyl sites for hydroxylation is 1. The van der Waals surface area contributed by atoms with Crippen LogP contribution in [0.3, 0.4) is 0 Å². The van der Waals surface area contributed by atoms with Gasteiger partial charge in [0.25, 0.3) is 0 Å². The summed E-state index contributed by atoms with van der Waals surface area (Å²) in [6.45, 7) is 0. The number of carbonyl (C=O) groups excluding carboxylic acids is 1. The van der Waals surface area contributed by atoms with E-state index in [9.17, 15) is 4.79 Å². The van der Waals surface area contributed by atoms with Crippen LogP contribution in [0.4, 0.5) is 0 Å². The minimum Gasteiger partial charge on any atom is -0.349 e. The Morgan fingerprint density at radius 2 is 2.04 bits per heavy atom. The summed E-state index contributed by atoms with van der Waals surface area (Å²) >= 11 is 5.97. The summed E-state index contributed by atoms with van der Waals surface area (Å²) in [5.41, 5.74) is 2.24. The number of hydrogen-bond donors (Lipinski definition) is 1. The summed E-state index contributed by atoms with van der Waals surface area (Å²) in [6.07, 6.45) is 8.37. The summed E-state index contributed by atoms with van der Waals surface area (Å²) in [5.74, 6) is 0.638. The first-order chi connectivity index (χ1) is 11.2. The lowest BCUT2D eigenvalue weighted by Crippen LogP contribution is -2.36. The molecule has 1 fully saturated rings. The maximum atomic E-state index is 12.4. The molecule has 1 unspecified atom stereocenters. The molecule has 1 heterocycles. The first kappa shape index (κ1) is 16.0. The molecule has 1 amide bonds. The molecule has 1 atom stereocenters. The maximum absolute atomic E-state index is 12.4. The van der Waals surface area contributed by atoms with E-state index in [2.05, 4.69) is 10.3 Å². The van der Waals surface area contributed by atoms with Crippen LogP contribution in [0.2, 0.25) is 5.02 Å². The van der Waals surface area contributed by atoms with E-state index in [4.69, 9.17) is 11.6 Å². The zero-order valence-electron chi connectivity index (χ0n) is 13.0. The van der Waals surface area contributed by atoms with Crippen LogP contribution in [0.1, 0.15) is 42.9 Å². The molecule has 1 saturated carbocycles. The fourth-order valence-electron chi connectivity index (χ4n) is 2.97. The highest BCUT2D eigenvalue weighted by Gasteiger charge is 2.29. The van der Waals surface area contributed by atoms with Gasteiger partial charge in [0.2, 0.25) is 5.91 Å². The second kappa shape index (κ2) is 7.60. The molecule has 120 valence electrons. The van der Waals surface area contributed by atoms with Gasteiger partial charge in [-0.05, 0) is 54.5 Å². The molecule has 3 rings (SSSR count). The number of amides is 1. The standard InChI is InChI=1S/C19H21ClN2O/c20-17-9-7-16(8-10-17)19(15-4-1-5-15)22-18(23)11-6-14-3-2-12-21-13-14/h2-3,7-10,12-13,15,19H,1,4-6,11H2,(H,22,23). The van der Waals surface area contributed by atoms with Gasteiger partial charge >= 0.3 is 0 Å². The molecule has 0 spiro atoms. The number of nitrogens with one attached hydrogen (secondary N) is 1. The van der Waals surface area contributed by atoms with E-state index in [0.29, 0.717) is 12.3 Å². The van der Waals surface area contributed by atoms with E-state index in [1.54, 1.807) is 6.20 Å². The van der Waals surface area contributed by atoms with Gasteiger partial charge in [-0.2, -0.15) is 0 Å². The molecule has 4 heteroatoms. The molecule has 3 nitrogen and oxygen atoms in total. The van der Waals surface area contributed by atoms with Crippen molar-refractivity contribution in [2.24, 2.45) is 5.92 Å². The van der Waals surface area contributed by atoms with Crippen molar-refractivity contribution < 1.29 is 4.79 Å². The molecule has 1 aliphatic rings. The van der Waals surface area contributed by atoms with Gasteiger partial charge in [-0.25, -0.2) is 0 Å². The van der Waals surface area contributed by atoms with E-state index in [-0.39, 0.29) is 11.9 Å². The molecule has 0 aliphatic heterocycles. The van der Waals surface area contributed by atoms with Gasteiger partial charge in [-0.1, -0.05) is 36.2 Å². The molecule has 1 aliphatic carbocycles. The van der Waals surface area contributed by atoms with Crippen LogP contribution in [-0.2, 0) is 11.2 Å². The smallest absolute Gasteiger partial charge is 0.220 e. The zero-order chi connectivity index (χ0) is 16.1. The third-order valence-corrected chi connectivity index (χ3v) is 4.78. The minimum absolute atomic E-state index is 0.0979. The Morgan fingerprint density at radius 1 is 1.26 bits per heavy atom. The average molecular weight is 329 g/mol. The molecule has 1 N–H and O–H groups in total. The summed E-state index contributed by atoms with van der Waals surface area (Å²) in [7, 11) is 0. The summed E-state index contributed by atoms with van der Waals surface area (Å²) in [5, 5.41) is 3.95. The van der Waals surface area contributed by atoms with Gasteiger partial charge in [-0.15, -0.1) is 0 Å². The lowest BCUT2D eigenvalue weighted by molar-refractivity contribution is -0.122. The topological polar surface area (TPSA) is 42.0 Å². The maximum Gasteiger partial charge on any atom is 0.220 e. The lowest BCUT2D eigenvalue weighted by atomic mass is 9.77. The normalized spacial score (nSPS) is 15.7. The van der Waals surface area contributed by atoms with Gasteiger partial charge in [-0.3, -0.25) is 9.78 Å². The predicted molar refractivity (Wildman–Crippen MR) is 92.2 cm³/mol. The van der Waals surface area contributed by atoms with Crippen LogP contribution in [0.25, 0.3) is 0 Å². The monoisotopic (exact) mass is 328 g/mol. The van der Waals surface area contributed by atoms with Crippen LogP contribution in [0.5, 0.6) is 0 Å². The largest absolute Gasteiger partial charge is 0.349 e. The van der Waals surface area contributed by atoms with Crippen molar-refractivity contribution in [3.63, 3.8) is 0 Å². The number of carbonyl (C=O) groups is 1. The van der Waals surface area contributed by atoms with Gasteiger partial charge in [0.05, 0.1) is 6.04 Å². The van der Waals surface area contributed by atoms with Crippen molar-refractivity contribution in [2.45, 2.75) is 38.1 Å². The highest BCUT2D eigenvalue weighted by molar-refractivity contribution is 6.30. The third-order valence-electron chi connectivity index (χ3n) is 4.53. The molecular formula is C19H21ClN2O. The van der Waals surface area contributed by atoms with Crippen LogP contribution in [-0.4, -0.2) is 10.9 Å². The van der Waals surface area contributed by atoms with Crippen molar-refractivity contribution in [3.8, 4) is 0 Å². The average Bonchev–Trinajstić information content (AvgIpc) is 2.52. The Balaban J connectivity index is 1.61. The van der Waals surface area contributed by atoms with Gasteiger partial charge in [0.15, 0.2) is 0 Å². The number of nitrogens with zero attached hydrogens (tertiary/aromatic N) is 1. The summed E-state index contributed by atoms with van der Waals surface area (Å²) in [6, 6.07) is 11.8. The fraction of sp³-hybridized carbons (Fsp3) is 0.368. The molecule has 1 aromatic carbocycles. The van der Waals surface area contributed by atoms with Gasteiger partial charge in [0.1, 0.15) is 0 Å². The summed E-state index contributed by atoms with van der Waals surface area (Å²) in [4.78, 5) is 16.4. The highest BCUT2D eigenvalue weighted by Crippen LogP contribution is 2.38. The lowest BCUT2D eigenvalue weighted by Gasteiger charge is -2.34. The Labute approximate surface area is 142 Å². The van der Waals surface area contributed by atoms with Crippen molar-refractivity contribution in [1.82, 2.24) is 10.3 Å². The molecule has 0 saturated heterocycles. The van der Waals surface area contributed by atoms with Crippen LogP contribution in [0, 0.1) is 5.92 Å². The quantitative estimate of drug-likeness (QED) is 0.857. The van der Waals surface area contributed by atoms with Gasteiger partial charge < -0.3 is 5.32 Å². The number of aromatic nitrogens is 1. The first-order valence-corrected chi connectivity index (χ1v) is 8.54.